The van der Waals surface area contributed by atoms with E-state index in [2.05, 4.69) is 15.2 Å². The molecule has 0 radical (unpaired) electrons. The molecule has 7 nitrogen and oxygen atoms in total. The van der Waals surface area contributed by atoms with E-state index in [-0.39, 0.29) is 15.8 Å². The van der Waals surface area contributed by atoms with Crippen LogP contribution in [0.15, 0.2) is 29.8 Å². The zero-order valence-electron chi connectivity index (χ0n) is 14.9. The summed E-state index contributed by atoms with van der Waals surface area (Å²) in [7, 11) is 0. The number of thiocarbonyl (C=S) groups is 1. The Morgan fingerprint density at radius 3 is 2.55 bits per heavy atom. The van der Waals surface area contributed by atoms with Crippen molar-refractivity contribution in [3.8, 4) is 0 Å². The second-order valence-electron chi connectivity index (χ2n) is 6.19. The van der Waals surface area contributed by atoms with E-state index in [9.17, 15) is 9.59 Å². The van der Waals surface area contributed by atoms with Crippen LogP contribution in [0, 0.1) is 0 Å². The van der Waals surface area contributed by atoms with Crippen LogP contribution in [0.1, 0.15) is 4.88 Å². The summed E-state index contributed by atoms with van der Waals surface area (Å²) >= 11 is 18.7. The van der Waals surface area contributed by atoms with Crippen molar-refractivity contribution in [2.24, 2.45) is 0 Å². The van der Waals surface area contributed by atoms with Gasteiger partial charge in [0, 0.05) is 18.1 Å². The molecule has 1 N–H and O–H groups in total. The number of anilines is 2. The predicted molar refractivity (Wildman–Crippen MR) is 118 cm³/mol. The Hall–Kier alpha value is -2.04. The van der Waals surface area contributed by atoms with Crippen LogP contribution in [0.5, 0.6) is 0 Å². The molecular formula is C18H14Cl2N4O3S2. The van der Waals surface area contributed by atoms with Crippen LogP contribution in [0.3, 0.4) is 0 Å². The Morgan fingerprint density at radius 1 is 1.17 bits per heavy atom. The third-order valence-corrected chi connectivity index (χ3v) is 6.34. The van der Waals surface area contributed by atoms with Gasteiger partial charge in [-0.2, -0.15) is 0 Å². The molecule has 2 fully saturated rings. The molecule has 2 aliphatic heterocycles. The zero-order chi connectivity index (χ0) is 20.5. The standard InChI is InChI=1S/C18H14Cl2N4O3S2/c19-10-1-3-11(4-2-10)24-16(26)12(15(25)22-17(24)28)9-13-14(20)21-18(29-13)23-5-7-27-8-6-23/h1-4,9H,5-8H2,(H,22,25,28). The molecule has 11 heteroatoms. The van der Waals surface area contributed by atoms with E-state index in [4.69, 9.17) is 40.2 Å². The minimum Gasteiger partial charge on any atom is -0.378 e. The van der Waals surface area contributed by atoms with Crippen molar-refractivity contribution in [1.29, 1.82) is 0 Å². The third-order valence-electron chi connectivity index (χ3n) is 4.34. The van der Waals surface area contributed by atoms with Gasteiger partial charge in [-0.15, -0.1) is 0 Å². The van der Waals surface area contributed by atoms with Crippen molar-refractivity contribution < 1.29 is 14.3 Å². The molecule has 2 amide bonds. The molecule has 4 rings (SSSR count). The van der Waals surface area contributed by atoms with Gasteiger partial charge in [0.05, 0.1) is 23.8 Å². The lowest BCUT2D eigenvalue weighted by atomic mass is 10.1. The van der Waals surface area contributed by atoms with Gasteiger partial charge in [0.2, 0.25) is 0 Å². The summed E-state index contributed by atoms with van der Waals surface area (Å²) in [6, 6.07) is 6.58. The van der Waals surface area contributed by atoms with Crippen LogP contribution in [-0.2, 0) is 14.3 Å². The van der Waals surface area contributed by atoms with E-state index >= 15 is 0 Å². The number of carbonyl (C=O) groups excluding carboxylic acids is 2. The first-order chi connectivity index (χ1) is 13.9. The molecule has 0 unspecified atom stereocenters. The number of hydrogen-bond acceptors (Lipinski definition) is 7. The number of aromatic nitrogens is 1. The van der Waals surface area contributed by atoms with Crippen LogP contribution >= 0.6 is 46.8 Å². The smallest absolute Gasteiger partial charge is 0.270 e. The summed E-state index contributed by atoms with van der Waals surface area (Å²) in [6.07, 6.45) is 1.45. The van der Waals surface area contributed by atoms with Gasteiger partial charge in [-0.3, -0.25) is 19.8 Å². The van der Waals surface area contributed by atoms with Crippen LogP contribution < -0.4 is 15.1 Å². The summed E-state index contributed by atoms with van der Waals surface area (Å²) in [4.78, 5) is 33.7. The number of rotatable bonds is 3. The highest BCUT2D eigenvalue weighted by Gasteiger charge is 2.35. The van der Waals surface area contributed by atoms with Crippen molar-refractivity contribution in [3.63, 3.8) is 0 Å². The Morgan fingerprint density at radius 2 is 1.86 bits per heavy atom. The van der Waals surface area contributed by atoms with Crippen molar-refractivity contribution in [2.45, 2.75) is 0 Å². The predicted octanol–water partition coefficient (Wildman–Crippen LogP) is 3.12. The summed E-state index contributed by atoms with van der Waals surface area (Å²) in [5.41, 5.74) is 0.423. The lowest BCUT2D eigenvalue weighted by Gasteiger charge is -2.28. The average Bonchev–Trinajstić information content (AvgIpc) is 3.07. The maximum Gasteiger partial charge on any atom is 0.270 e. The highest BCUT2D eigenvalue weighted by Crippen LogP contribution is 2.33. The average molecular weight is 469 g/mol. The van der Waals surface area contributed by atoms with E-state index in [1.54, 1.807) is 24.3 Å². The maximum atomic E-state index is 13.0. The van der Waals surface area contributed by atoms with Crippen LogP contribution in [0.2, 0.25) is 10.2 Å². The first-order valence-electron chi connectivity index (χ1n) is 8.60. The van der Waals surface area contributed by atoms with E-state index in [1.807, 2.05) is 0 Å². The van der Waals surface area contributed by atoms with Crippen molar-refractivity contribution >= 4 is 80.6 Å². The summed E-state index contributed by atoms with van der Waals surface area (Å²) in [5, 5.41) is 4.02. The third kappa shape index (κ3) is 4.15. The summed E-state index contributed by atoms with van der Waals surface area (Å²) < 4.78 is 5.35. The van der Waals surface area contributed by atoms with Gasteiger partial charge in [-0.05, 0) is 42.6 Å². The van der Waals surface area contributed by atoms with Crippen molar-refractivity contribution in [2.75, 3.05) is 36.1 Å². The number of morpholine rings is 1. The van der Waals surface area contributed by atoms with Gasteiger partial charge >= 0.3 is 0 Å². The van der Waals surface area contributed by atoms with Gasteiger partial charge in [-0.1, -0.05) is 34.5 Å². The van der Waals surface area contributed by atoms with Crippen molar-refractivity contribution in [3.05, 3.63) is 44.9 Å². The fourth-order valence-corrected chi connectivity index (χ4v) is 4.55. The van der Waals surface area contributed by atoms with E-state index < -0.39 is 11.8 Å². The maximum absolute atomic E-state index is 13.0. The van der Waals surface area contributed by atoms with E-state index in [0.717, 1.165) is 5.13 Å². The fraction of sp³-hybridized carbons (Fsp3) is 0.222. The Bertz CT molecular complexity index is 1020. The highest BCUT2D eigenvalue weighted by molar-refractivity contribution is 7.80. The molecule has 0 saturated carbocycles. The monoisotopic (exact) mass is 468 g/mol. The minimum absolute atomic E-state index is 0.00359. The van der Waals surface area contributed by atoms with Crippen LogP contribution in [0.25, 0.3) is 6.08 Å². The molecule has 2 saturated heterocycles. The van der Waals surface area contributed by atoms with E-state index in [0.29, 0.717) is 41.9 Å². The molecule has 0 bridgehead atoms. The van der Waals surface area contributed by atoms with Crippen LogP contribution in [0.4, 0.5) is 10.8 Å². The minimum atomic E-state index is -0.581. The first-order valence-corrected chi connectivity index (χ1v) is 10.6. The molecule has 1 aromatic heterocycles. The second kappa shape index (κ2) is 8.37. The number of thiazole rings is 1. The van der Waals surface area contributed by atoms with E-state index in [1.165, 1.54) is 22.3 Å². The number of carbonyl (C=O) groups is 2. The molecule has 29 heavy (non-hydrogen) atoms. The Balaban J connectivity index is 1.66. The zero-order valence-corrected chi connectivity index (χ0v) is 18.0. The Labute approximate surface area is 185 Å². The second-order valence-corrected chi connectivity index (χ2v) is 8.38. The SMILES string of the molecule is O=C1NC(=S)N(c2ccc(Cl)cc2)C(=O)C1=Cc1sc(N2CCOCC2)nc1Cl. The molecule has 0 spiro atoms. The number of hydrogen-bond donors (Lipinski definition) is 1. The number of nitrogens with zero attached hydrogens (tertiary/aromatic N) is 3. The summed E-state index contributed by atoms with van der Waals surface area (Å²) in [6.45, 7) is 2.64. The van der Waals surface area contributed by atoms with Crippen molar-refractivity contribution in [1.82, 2.24) is 10.3 Å². The molecule has 2 aromatic rings. The lowest BCUT2D eigenvalue weighted by molar-refractivity contribution is -0.122. The number of halogens is 2. The molecule has 0 aliphatic carbocycles. The molecular weight excluding hydrogens is 455 g/mol. The normalized spacial score (nSPS) is 19.1. The molecule has 150 valence electrons. The fourth-order valence-electron chi connectivity index (χ4n) is 2.89. The molecule has 2 aliphatic rings. The quantitative estimate of drug-likeness (QED) is 0.423. The van der Waals surface area contributed by atoms with Gasteiger partial charge in [0.15, 0.2) is 10.2 Å². The van der Waals surface area contributed by atoms with Gasteiger partial charge in [0.25, 0.3) is 11.8 Å². The largest absolute Gasteiger partial charge is 0.378 e. The van der Waals surface area contributed by atoms with Gasteiger partial charge in [-0.25, -0.2) is 4.98 Å². The number of nitrogens with one attached hydrogen (secondary N) is 1. The highest BCUT2D eigenvalue weighted by atomic mass is 35.5. The molecule has 0 atom stereocenters. The van der Waals surface area contributed by atoms with Gasteiger partial charge in [0.1, 0.15) is 10.7 Å². The molecule has 3 heterocycles. The first kappa shape index (κ1) is 20.2. The molecule has 1 aromatic carbocycles. The Kier molecular flexibility index (Phi) is 5.84. The van der Waals surface area contributed by atoms with Crippen LogP contribution in [-0.4, -0.2) is 48.2 Å². The lowest BCUT2D eigenvalue weighted by Crippen LogP contribution is -2.54. The van der Waals surface area contributed by atoms with Gasteiger partial charge < -0.3 is 9.64 Å². The number of amides is 2. The summed E-state index contributed by atoms with van der Waals surface area (Å²) in [5.74, 6) is -1.12. The number of ether oxygens (including phenoxy) is 1. The number of benzene rings is 1. The topological polar surface area (TPSA) is 74.8 Å².